The number of ether oxygens (including phenoxy) is 2. The van der Waals surface area contributed by atoms with Crippen molar-refractivity contribution in [3.63, 3.8) is 0 Å². The summed E-state index contributed by atoms with van der Waals surface area (Å²) in [6, 6.07) is 15.3. The Morgan fingerprint density at radius 2 is 0.944 bits per heavy atom. The van der Waals surface area contributed by atoms with E-state index in [1.165, 1.54) is 14.2 Å². The predicted molar refractivity (Wildman–Crippen MR) is 214 cm³/mol. The smallest absolute Gasteiger partial charge is 0.407 e. The summed E-state index contributed by atoms with van der Waals surface area (Å²) >= 11 is 3.09. The molecule has 0 aliphatic carbocycles. The number of aromatic nitrogens is 2. The van der Waals surface area contributed by atoms with Gasteiger partial charge in [-0.3, -0.25) is 9.59 Å². The minimum Gasteiger partial charge on any atom is -0.453 e. The lowest BCUT2D eigenvalue weighted by Gasteiger charge is -2.28. The number of alkyl carbamates (subject to hydrolysis) is 2. The molecule has 0 spiro atoms. The van der Waals surface area contributed by atoms with E-state index in [0.29, 0.717) is 26.2 Å². The first-order valence-corrected chi connectivity index (χ1v) is 19.9. The summed E-state index contributed by atoms with van der Waals surface area (Å²) in [6.07, 6.45) is 3.98. The third kappa shape index (κ3) is 11.1. The second-order valence-corrected chi connectivity index (χ2v) is 15.9. The lowest BCUT2D eigenvalue weighted by atomic mass is 10.0. The molecule has 0 bridgehead atoms. The van der Waals surface area contributed by atoms with Gasteiger partial charge < -0.3 is 29.9 Å². The molecule has 2 heterocycles. The van der Waals surface area contributed by atoms with Gasteiger partial charge in [0.25, 0.3) is 0 Å². The molecule has 54 heavy (non-hydrogen) atoms. The first kappa shape index (κ1) is 41.9. The topological polar surface area (TPSA) is 143 Å². The summed E-state index contributed by atoms with van der Waals surface area (Å²) in [5.74, 6) is -0.522. The Morgan fingerprint density at radius 3 is 1.24 bits per heavy atom. The molecule has 0 fully saturated rings. The van der Waals surface area contributed by atoms with Gasteiger partial charge in [0.05, 0.1) is 37.1 Å². The lowest BCUT2D eigenvalue weighted by molar-refractivity contribution is -0.135. The number of carbonyl (C=O) groups excluding carboxylic acids is 4. The SMILES string of the molecule is CCCN(Cc1ncc(-c2ccc(-c3ccc(-c4cnc(CN(CCC)C(=O)C(NC(=O)OC)C(C)C)s4)cc3)cc2)s1)C(=O)C(NC(=O)OC)C(C)C. The van der Waals surface area contributed by atoms with E-state index < -0.39 is 24.3 Å². The average Bonchev–Trinajstić information content (AvgIpc) is 3.85. The molecular weight excluding hydrogens is 725 g/mol. The van der Waals surface area contributed by atoms with Crippen molar-refractivity contribution < 1.29 is 28.7 Å². The number of methoxy groups -OCH3 is 2. The van der Waals surface area contributed by atoms with Crippen LogP contribution in [0.15, 0.2) is 60.9 Å². The van der Waals surface area contributed by atoms with E-state index >= 15 is 0 Å². The van der Waals surface area contributed by atoms with Crippen molar-refractivity contribution in [3.05, 3.63) is 70.9 Å². The number of benzene rings is 2. The van der Waals surface area contributed by atoms with Crippen molar-refractivity contribution in [2.75, 3.05) is 27.3 Å². The second kappa shape index (κ2) is 20.0. The Bertz CT molecular complexity index is 1710. The van der Waals surface area contributed by atoms with E-state index in [-0.39, 0.29) is 23.7 Å². The highest BCUT2D eigenvalue weighted by Crippen LogP contribution is 2.32. The fourth-order valence-electron chi connectivity index (χ4n) is 5.88. The lowest BCUT2D eigenvalue weighted by Crippen LogP contribution is -2.51. The molecule has 0 saturated heterocycles. The average molecular weight is 777 g/mol. The number of nitrogens with zero attached hydrogens (tertiary/aromatic N) is 4. The molecule has 0 aliphatic rings. The maximum absolute atomic E-state index is 13.4. The van der Waals surface area contributed by atoms with Gasteiger partial charge in [-0.05, 0) is 46.9 Å². The molecule has 2 aromatic heterocycles. The van der Waals surface area contributed by atoms with E-state index in [1.807, 2.05) is 53.9 Å². The number of carbonyl (C=O) groups is 4. The molecule has 2 N–H and O–H groups in total. The van der Waals surface area contributed by atoms with Crippen molar-refractivity contribution >= 4 is 46.7 Å². The van der Waals surface area contributed by atoms with Crippen LogP contribution in [0.5, 0.6) is 0 Å². The molecule has 2 atom stereocenters. The van der Waals surface area contributed by atoms with Crippen LogP contribution in [0.3, 0.4) is 0 Å². The molecule has 14 heteroatoms. The minimum atomic E-state index is -0.690. The number of thiazole rings is 2. The Kier molecular flexibility index (Phi) is 15.5. The second-order valence-electron chi connectivity index (χ2n) is 13.6. The van der Waals surface area contributed by atoms with Gasteiger partial charge in [0, 0.05) is 25.5 Å². The van der Waals surface area contributed by atoms with E-state index in [0.717, 1.165) is 54.9 Å². The normalized spacial score (nSPS) is 12.3. The Morgan fingerprint density at radius 1 is 0.611 bits per heavy atom. The van der Waals surface area contributed by atoms with Crippen LogP contribution in [-0.2, 0) is 32.2 Å². The van der Waals surface area contributed by atoms with E-state index in [4.69, 9.17) is 9.47 Å². The zero-order valence-corrected chi connectivity index (χ0v) is 34.0. The maximum atomic E-state index is 13.4. The summed E-state index contributed by atoms with van der Waals surface area (Å²) in [6.45, 7) is 13.4. The largest absolute Gasteiger partial charge is 0.453 e. The fraction of sp³-hybridized carbons (Fsp3) is 0.450. The van der Waals surface area contributed by atoms with Crippen LogP contribution >= 0.6 is 22.7 Å². The van der Waals surface area contributed by atoms with Crippen LogP contribution in [-0.4, -0.2) is 83.2 Å². The molecule has 4 aromatic rings. The Labute approximate surface area is 326 Å². The highest BCUT2D eigenvalue weighted by atomic mass is 32.1. The fourth-order valence-corrected chi connectivity index (χ4v) is 7.76. The predicted octanol–water partition coefficient (Wildman–Crippen LogP) is 7.84. The minimum absolute atomic E-state index is 0.105. The van der Waals surface area contributed by atoms with Crippen LogP contribution < -0.4 is 10.6 Å². The number of nitrogens with one attached hydrogen (secondary N) is 2. The van der Waals surface area contributed by atoms with Crippen LogP contribution in [0.2, 0.25) is 0 Å². The number of hydrogen-bond donors (Lipinski definition) is 2. The first-order chi connectivity index (χ1) is 25.9. The van der Waals surface area contributed by atoms with Crippen molar-refractivity contribution in [2.24, 2.45) is 11.8 Å². The monoisotopic (exact) mass is 776 g/mol. The number of hydrogen-bond acceptors (Lipinski definition) is 10. The van der Waals surface area contributed by atoms with Gasteiger partial charge in [0.15, 0.2) is 0 Å². The molecule has 0 aliphatic heterocycles. The molecule has 0 radical (unpaired) electrons. The van der Waals surface area contributed by atoms with Crippen LogP contribution in [0.1, 0.15) is 64.4 Å². The van der Waals surface area contributed by atoms with Gasteiger partial charge in [-0.25, -0.2) is 19.6 Å². The molecule has 12 nitrogen and oxygen atoms in total. The quantitative estimate of drug-likeness (QED) is 0.111. The summed E-state index contributed by atoms with van der Waals surface area (Å²) < 4.78 is 9.48. The van der Waals surface area contributed by atoms with Gasteiger partial charge >= 0.3 is 12.2 Å². The van der Waals surface area contributed by atoms with Gasteiger partial charge in [-0.1, -0.05) is 90.1 Å². The third-order valence-corrected chi connectivity index (χ3v) is 10.9. The van der Waals surface area contributed by atoms with E-state index in [2.05, 4.69) is 69.1 Å². The van der Waals surface area contributed by atoms with Crippen molar-refractivity contribution in [1.82, 2.24) is 30.4 Å². The van der Waals surface area contributed by atoms with Crippen molar-refractivity contribution in [3.8, 4) is 32.0 Å². The Hall–Kier alpha value is -4.82. The highest BCUT2D eigenvalue weighted by Gasteiger charge is 2.30. The van der Waals surface area contributed by atoms with E-state index in [1.54, 1.807) is 32.5 Å². The van der Waals surface area contributed by atoms with Gasteiger partial charge in [-0.15, -0.1) is 22.7 Å². The highest BCUT2D eigenvalue weighted by molar-refractivity contribution is 7.15. The number of amides is 4. The van der Waals surface area contributed by atoms with Crippen LogP contribution in [0, 0.1) is 11.8 Å². The standard InChI is InChI=1S/C40H52N6O6S2/c1-9-19-45(37(47)35(25(3)4)43-39(49)51-7)23-33-41-21-31(53-33)29-15-11-27(12-16-29)28-13-17-30(18-14-28)32-22-42-34(54-32)24-46(20-10-2)38(48)36(26(5)6)44-40(50)52-8/h11-18,21-22,25-26,35-36H,9-10,19-20,23-24H2,1-8H3,(H,43,49)(H,44,50). The molecule has 0 saturated carbocycles. The molecule has 290 valence electrons. The molecule has 4 amide bonds. The third-order valence-electron chi connectivity index (χ3n) is 8.82. The summed E-state index contributed by atoms with van der Waals surface area (Å²) in [7, 11) is 2.57. The molecular formula is C40H52N6O6S2. The van der Waals surface area contributed by atoms with Gasteiger partial charge in [0.1, 0.15) is 22.1 Å². The van der Waals surface area contributed by atoms with Crippen LogP contribution in [0.4, 0.5) is 9.59 Å². The van der Waals surface area contributed by atoms with E-state index in [9.17, 15) is 19.2 Å². The van der Waals surface area contributed by atoms with Gasteiger partial charge in [-0.2, -0.15) is 0 Å². The Balaban J connectivity index is 1.41. The summed E-state index contributed by atoms with van der Waals surface area (Å²) in [5, 5.41) is 7.00. The molecule has 2 aromatic carbocycles. The summed E-state index contributed by atoms with van der Waals surface area (Å²) in [5.41, 5.74) is 4.22. The number of rotatable bonds is 17. The zero-order chi connectivity index (χ0) is 39.4. The van der Waals surface area contributed by atoms with Crippen molar-refractivity contribution in [2.45, 2.75) is 79.6 Å². The summed E-state index contributed by atoms with van der Waals surface area (Å²) in [4.78, 5) is 65.5. The van der Waals surface area contributed by atoms with Gasteiger partial charge in [0.2, 0.25) is 11.8 Å². The first-order valence-electron chi connectivity index (χ1n) is 18.3. The molecule has 2 unspecified atom stereocenters. The zero-order valence-electron chi connectivity index (χ0n) is 32.4. The van der Waals surface area contributed by atoms with Crippen molar-refractivity contribution in [1.29, 1.82) is 0 Å². The molecule has 4 rings (SSSR count). The maximum Gasteiger partial charge on any atom is 0.407 e. The van der Waals surface area contributed by atoms with Crippen LogP contribution in [0.25, 0.3) is 32.0 Å².